The molecule has 26 heavy (non-hydrogen) atoms. The molecule has 0 aliphatic rings. The standard InChI is InChI=1S/C20H19ClN4S/c1-15-6-2-3-10-19(15)23-20(26)24-22-13-18-9-5-11-25(18)14-16-7-4-8-17(21)12-16/h2-13H,14H2,1H3,(H2,23,24,26)/b22-13+. The molecule has 4 nitrogen and oxygen atoms in total. The SMILES string of the molecule is Cc1ccccc1NC(=S)N/N=C/c1cccn1Cc1cccc(Cl)c1. The summed E-state index contributed by atoms with van der Waals surface area (Å²) in [6.45, 7) is 2.75. The zero-order chi connectivity index (χ0) is 18.4. The normalized spacial score (nSPS) is 10.8. The maximum Gasteiger partial charge on any atom is 0.191 e. The van der Waals surface area contributed by atoms with Crippen LogP contribution in [0.15, 0.2) is 72.0 Å². The van der Waals surface area contributed by atoms with Crippen molar-refractivity contribution in [1.29, 1.82) is 0 Å². The Kier molecular flexibility index (Phi) is 6.04. The van der Waals surface area contributed by atoms with Gasteiger partial charge in [-0.15, -0.1) is 0 Å². The van der Waals surface area contributed by atoms with Crippen molar-refractivity contribution in [1.82, 2.24) is 9.99 Å². The van der Waals surface area contributed by atoms with Crippen LogP contribution in [0.25, 0.3) is 0 Å². The van der Waals surface area contributed by atoms with Crippen LogP contribution in [-0.4, -0.2) is 15.9 Å². The Morgan fingerprint density at radius 3 is 2.81 bits per heavy atom. The minimum Gasteiger partial charge on any atom is -0.342 e. The molecule has 0 unspecified atom stereocenters. The summed E-state index contributed by atoms with van der Waals surface area (Å²) in [6.07, 6.45) is 3.75. The van der Waals surface area contributed by atoms with Gasteiger partial charge in [0.2, 0.25) is 0 Å². The van der Waals surface area contributed by atoms with Crippen LogP contribution in [0.1, 0.15) is 16.8 Å². The number of aryl methyl sites for hydroxylation is 1. The lowest BCUT2D eigenvalue weighted by atomic mass is 10.2. The van der Waals surface area contributed by atoms with E-state index < -0.39 is 0 Å². The fourth-order valence-corrected chi connectivity index (χ4v) is 2.92. The highest BCUT2D eigenvalue weighted by Gasteiger charge is 2.02. The highest BCUT2D eigenvalue weighted by Crippen LogP contribution is 2.14. The zero-order valence-corrected chi connectivity index (χ0v) is 15.9. The summed E-state index contributed by atoms with van der Waals surface area (Å²) in [7, 11) is 0. The fraction of sp³-hybridized carbons (Fsp3) is 0.100. The first-order valence-corrected chi connectivity index (χ1v) is 8.96. The Bertz CT molecular complexity index is 933. The van der Waals surface area contributed by atoms with Gasteiger partial charge in [-0.1, -0.05) is 41.9 Å². The predicted octanol–water partition coefficient (Wildman–Crippen LogP) is 4.82. The van der Waals surface area contributed by atoms with Crippen molar-refractivity contribution in [3.05, 3.63) is 88.7 Å². The second-order valence-corrected chi connectivity index (χ2v) is 6.67. The summed E-state index contributed by atoms with van der Waals surface area (Å²) < 4.78 is 2.09. The third-order valence-corrected chi connectivity index (χ3v) is 4.29. The van der Waals surface area contributed by atoms with E-state index in [9.17, 15) is 0 Å². The molecule has 132 valence electrons. The molecule has 1 aromatic heterocycles. The number of rotatable bonds is 5. The van der Waals surface area contributed by atoms with Gasteiger partial charge < -0.3 is 9.88 Å². The quantitative estimate of drug-likeness (QED) is 0.377. The number of nitrogens with zero attached hydrogens (tertiary/aromatic N) is 2. The van der Waals surface area contributed by atoms with Crippen LogP contribution in [0, 0.1) is 6.92 Å². The van der Waals surface area contributed by atoms with E-state index in [1.54, 1.807) is 6.21 Å². The molecule has 0 radical (unpaired) electrons. The number of aromatic nitrogens is 1. The fourth-order valence-electron chi connectivity index (χ4n) is 2.54. The maximum atomic E-state index is 6.05. The van der Waals surface area contributed by atoms with E-state index in [-0.39, 0.29) is 0 Å². The van der Waals surface area contributed by atoms with Crippen LogP contribution >= 0.6 is 23.8 Å². The van der Waals surface area contributed by atoms with Crippen LogP contribution in [0.5, 0.6) is 0 Å². The molecule has 0 spiro atoms. The number of hydrogen-bond donors (Lipinski definition) is 2. The summed E-state index contributed by atoms with van der Waals surface area (Å²) >= 11 is 11.3. The van der Waals surface area contributed by atoms with Gasteiger partial charge in [-0.05, 0) is 60.6 Å². The minimum atomic E-state index is 0.448. The highest BCUT2D eigenvalue weighted by molar-refractivity contribution is 7.80. The van der Waals surface area contributed by atoms with Gasteiger partial charge in [0.15, 0.2) is 5.11 Å². The van der Waals surface area contributed by atoms with Crippen LogP contribution in [-0.2, 0) is 6.54 Å². The number of hydrazone groups is 1. The Morgan fingerprint density at radius 2 is 2.00 bits per heavy atom. The van der Waals surface area contributed by atoms with Crippen molar-refractivity contribution in [2.45, 2.75) is 13.5 Å². The predicted molar refractivity (Wildman–Crippen MR) is 113 cm³/mol. The number of thiocarbonyl (C=S) groups is 1. The van der Waals surface area contributed by atoms with E-state index in [4.69, 9.17) is 23.8 Å². The smallest absolute Gasteiger partial charge is 0.191 e. The molecular weight excluding hydrogens is 364 g/mol. The number of halogens is 1. The average molecular weight is 383 g/mol. The highest BCUT2D eigenvalue weighted by atomic mass is 35.5. The van der Waals surface area contributed by atoms with E-state index >= 15 is 0 Å². The monoisotopic (exact) mass is 382 g/mol. The molecule has 2 N–H and O–H groups in total. The summed E-state index contributed by atoms with van der Waals surface area (Å²) in [5, 5.41) is 8.55. The Hall–Kier alpha value is -2.63. The van der Waals surface area contributed by atoms with Gasteiger partial charge in [0, 0.05) is 23.5 Å². The third-order valence-electron chi connectivity index (χ3n) is 3.86. The minimum absolute atomic E-state index is 0.448. The van der Waals surface area contributed by atoms with E-state index in [0.29, 0.717) is 5.11 Å². The molecule has 0 atom stereocenters. The lowest BCUT2D eigenvalue weighted by molar-refractivity contribution is 0.799. The summed E-state index contributed by atoms with van der Waals surface area (Å²) in [4.78, 5) is 0. The molecule has 3 rings (SSSR count). The molecule has 6 heteroatoms. The van der Waals surface area contributed by atoms with E-state index in [0.717, 1.165) is 34.1 Å². The number of hydrogen-bond acceptors (Lipinski definition) is 2. The van der Waals surface area contributed by atoms with Crippen molar-refractivity contribution in [2.24, 2.45) is 5.10 Å². The molecule has 0 aliphatic heterocycles. The van der Waals surface area contributed by atoms with Gasteiger partial charge in [-0.2, -0.15) is 5.10 Å². The van der Waals surface area contributed by atoms with Crippen LogP contribution < -0.4 is 10.7 Å². The summed E-state index contributed by atoms with van der Waals surface area (Å²) in [6, 6.07) is 19.8. The molecule has 0 fully saturated rings. The molecule has 1 heterocycles. The van der Waals surface area contributed by atoms with Crippen molar-refractivity contribution < 1.29 is 0 Å². The largest absolute Gasteiger partial charge is 0.342 e. The third kappa shape index (κ3) is 4.94. The maximum absolute atomic E-state index is 6.05. The summed E-state index contributed by atoms with van der Waals surface area (Å²) in [5.74, 6) is 0. The Morgan fingerprint density at radius 1 is 1.15 bits per heavy atom. The van der Waals surface area contributed by atoms with Gasteiger partial charge in [0.05, 0.1) is 11.9 Å². The molecule has 0 amide bonds. The van der Waals surface area contributed by atoms with Crippen molar-refractivity contribution in [3.63, 3.8) is 0 Å². The molecule has 2 aromatic carbocycles. The van der Waals surface area contributed by atoms with Crippen LogP contribution in [0.3, 0.4) is 0 Å². The molecule has 0 bridgehead atoms. The lowest BCUT2D eigenvalue weighted by Crippen LogP contribution is -2.24. The Balaban J connectivity index is 1.60. The van der Waals surface area contributed by atoms with E-state index in [2.05, 4.69) is 20.4 Å². The second kappa shape index (κ2) is 8.65. The van der Waals surface area contributed by atoms with Crippen molar-refractivity contribution in [3.8, 4) is 0 Å². The topological polar surface area (TPSA) is 41.4 Å². The molecule has 3 aromatic rings. The molecule has 0 aliphatic carbocycles. The first kappa shape index (κ1) is 18.2. The van der Waals surface area contributed by atoms with Gasteiger partial charge >= 0.3 is 0 Å². The zero-order valence-electron chi connectivity index (χ0n) is 14.3. The second-order valence-electron chi connectivity index (χ2n) is 5.83. The summed E-state index contributed by atoms with van der Waals surface area (Å²) in [5.41, 5.74) is 7.04. The van der Waals surface area contributed by atoms with Gasteiger partial charge in [0.1, 0.15) is 0 Å². The van der Waals surface area contributed by atoms with Crippen molar-refractivity contribution in [2.75, 3.05) is 5.32 Å². The molecule has 0 saturated carbocycles. The Labute approximate surface area is 163 Å². The van der Waals surface area contributed by atoms with Gasteiger partial charge in [-0.25, -0.2) is 0 Å². The van der Waals surface area contributed by atoms with Crippen molar-refractivity contribution >= 4 is 40.8 Å². The van der Waals surface area contributed by atoms with E-state index in [1.807, 2.05) is 73.8 Å². The molecule has 0 saturated heterocycles. The lowest BCUT2D eigenvalue weighted by Gasteiger charge is -2.09. The molecular formula is C20H19ClN4S. The number of anilines is 1. The number of nitrogens with one attached hydrogen (secondary N) is 2. The first-order chi connectivity index (χ1) is 12.6. The van der Waals surface area contributed by atoms with E-state index in [1.165, 1.54) is 0 Å². The van der Waals surface area contributed by atoms with Crippen LogP contribution in [0.4, 0.5) is 5.69 Å². The van der Waals surface area contributed by atoms with Gasteiger partial charge in [0.25, 0.3) is 0 Å². The number of para-hydroxylation sites is 1. The number of benzene rings is 2. The van der Waals surface area contributed by atoms with Gasteiger partial charge in [-0.3, -0.25) is 5.43 Å². The van der Waals surface area contributed by atoms with Crippen LogP contribution in [0.2, 0.25) is 5.02 Å². The average Bonchev–Trinajstić information content (AvgIpc) is 3.04. The first-order valence-electron chi connectivity index (χ1n) is 8.17.